The van der Waals surface area contributed by atoms with Crippen molar-refractivity contribution in [3.63, 3.8) is 0 Å². The summed E-state index contributed by atoms with van der Waals surface area (Å²) in [4.78, 5) is 0. The molecule has 0 radical (unpaired) electrons. The Hall–Kier alpha value is -0.960. The summed E-state index contributed by atoms with van der Waals surface area (Å²) in [5.41, 5.74) is 0.467. The van der Waals surface area contributed by atoms with Crippen LogP contribution in [0, 0.1) is 17.0 Å². The monoisotopic (exact) mass is 253 g/mol. The third-order valence-corrected chi connectivity index (χ3v) is 3.90. The van der Waals surface area contributed by atoms with Crippen LogP contribution >= 0.6 is 0 Å². The number of benzene rings is 1. The van der Waals surface area contributed by atoms with Crippen LogP contribution in [-0.2, 0) is 6.42 Å². The van der Waals surface area contributed by atoms with Crippen LogP contribution < -0.4 is 5.32 Å². The molecule has 0 aromatic heterocycles. The van der Waals surface area contributed by atoms with Crippen LogP contribution in [0.2, 0.25) is 0 Å². The molecule has 0 amide bonds. The number of hydrogen-bond acceptors (Lipinski definition) is 1. The van der Waals surface area contributed by atoms with E-state index in [4.69, 9.17) is 0 Å². The standard InChI is InChI=1S/C15H21F2N/c1-3-15(2,10-18-12-7-8-12)9-11-5-4-6-13(16)14(11)17/h4-6,12,18H,3,7-10H2,1-2H3. The van der Waals surface area contributed by atoms with Gasteiger partial charge in [-0.2, -0.15) is 0 Å². The first-order valence-electron chi connectivity index (χ1n) is 6.70. The third-order valence-electron chi connectivity index (χ3n) is 3.90. The van der Waals surface area contributed by atoms with Crippen molar-refractivity contribution in [3.05, 3.63) is 35.4 Å². The fraction of sp³-hybridized carbons (Fsp3) is 0.600. The Labute approximate surface area is 108 Å². The average Bonchev–Trinajstić information content (AvgIpc) is 3.17. The molecule has 0 saturated heterocycles. The van der Waals surface area contributed by atoms with E-state index in [1.54, 1.807) is 12.1 Å². The minimum Gasteiger partial charge on any atom is -0.313 e. The highest BCUT2D eigenvalue weighted by Gasteiger charge is 2.28. The molecule has 1 fully saturated rings. The van der Waals surface area contributed by atoms with Gasteiger partial charge in [-0.25, -0.2) is 8.78 Å². The van der Waals surface area contributed by atoms with Crippen molar-refractivity contribution < 1.29 is 8.78 Å². The van der Waals surface area contributed by atoms with Gasteiger partial charge in [-0.1, -0.05) is 26.0 Å². The summed E-state index contributed by atoms with van der Waals surface area (Å²) in [6, 6.07) is 5.08. The fourth-order valence-corrected chi connectivity index (χ4v) is 2.14. The molecule has 0 heterocycles. The highest BCUT2D eigenvalue weighted by molar-refractivity contribution is 5.20. The molecule has 1 atom stereocenters. The van der Waals surface area contributed by atoms with Gasteiger partial charge in [-0.15, -0.1) is 0 Å². The Morgan fingerprint density at radius 1 is 1.33 bits per heavy atom. The summed E-state index contributed by atoms with van der Waals surface area (Å²) in [5.74, 6) is -1.44. The normalized spacial score (nSPS) is 18.7. The van der Waals surface area contributed by atoms with E-state index in [1.165, 1.54) is 18.9 Å². The summed E-state index contributed by atoms with van der Waals surface area (Å²) in [5, 5.41) is 3.49. The average molecular weight is 253 g/mol. The van der Waals surface area contributed by atoms with E-state index in [0.717, 1.165) is 13.0 Å². The second kappa shape index (κ2) is 5.35. The lowest BCUT2D eigenvalue weighted by atomic mass is 9.81. The SMILES string of the molecule is CCC(C)(CNC1CC1)Cc1cccc(F)c1F. The summed E-state index contributed by atoms with van der Waals surface area (Å²) in [6.07, 6.45) is 4.01. The maximum Gasteiger partial charge on any atom is 0.162 e. The van der Waals surface area contributed by atoms with Crippen molar-refractivity contribution in [2.45, 2.75) is 45.6 Å². The van der Waals surface area contributed by atoms with Crippen LogP contribution in [0.1, 0.15) is 38.7 Å². The molecule has 1 saturated carbocycles. The second-order valence-corrected chi connectivity index (χ2v) is 5.71. The van der Waals surface area contributed by atoms with Crippen molar-refractivity contribution in [2.24, 2.45) is 5.41 Å². The van der Waals surface area contributed by atoms with Gasteiger partial charge in [0, 0.05) is 12.6 Å². The molecule has 18 heavy (non-hydrogen) atoms. The predicted molar refractivity (Wildman–Crippen MR) is 69.5 cm³/mol. The lowest BCUT2D eigenvalue weighted by Crippen LogP contribution is -2.34. The Balaban J connectivity index is 2.05. The largest absolute Gasteiger partial charge is 0.313 e. The third kappa shape index (κ3) is 3.29. The highest BCUT2D eigenvalue weighted by atomic mass is 19.2. The van der Waals surface area contributed by atoms with Crippen LogP contribution in [-0.4, -0.2) is 12.6 Å². The molecule has 0 bridgehead atoms. The molecule has 1 aliphatic rings. The maximum atomic E-state index is 13.7. The molecular formula is C15H21F2N. The maximum absolute atomic E-state index is 13.7. The van der Waals surface area contributed by atoms with E-state index in [0.29, 0.717) is 18.0 Å². The van der Waals surface area contributed by atoms with Crippen molar-refractivity contribution in [1.82, 2.24) is 5.32 Å². The molecule has 1 N–H and O–H groups in total. The minimum atomic E-state index is -0.749. The lowest BCUT2D eigenvalue weighted by Gasteiger charge is -2.29. The lowest BCUT2D eigenvalue weighted by molar-refractivity contribution is 0.284. The van der Waals surface area contributed by atoms with Crippen LogP contribution in [0.4, 0.5) is 8.78 Å². The molecule has 0 aliphatic heterocycles. The van der Waals surface area contributed by atoms with Gasteiger partial charge in [-0.3, -0.25) is 0 Å². The molecule has 2 rings (SSSR count). The first-order valence-corrected chi connectivity index (χ1v) is 6.70. The molecule has 1 unspecified atom stereocenters. The van der Waals surface area contributed by atoms with Crippen molar-refractivity contribution in [3.8, 4) is 0 Å². The van der Waals surface area contributed by atoms with Crippen molar-refractivity contribution in [1.29, 1.82) is 0 Å². The molecule has 0 spiro atoms. The van der Waals surface area contributed by atoms with Gasteiger partial charge in [-0.05, 0) is 42.7 Å². The Bertz CT molecular complexity index is 415. The molecule has 1 aromatic rings. The van der Waals surface area contributed by atoms with Gasteiger partial charge < -0.3 is 5.32 Å². The van der Waals surface area contributed by atoms with E-state index in [9.17, 15) is 8.78 Å². The molecule has 1 aliphatic carbocycles. The van der Waals surface area contributed by atoms with Crippen LogP contribution in [0.25, 0.3) is 0 Å². The van der Waals surface area contributed by atoms with E-state index >= 15 is 0 Å². The Kier molecular flexibility index (Phi) is 4.00. The summed E-state index contributed by atoms with van der Waals surface area (Å²) in [7, 11) is 0. The van der Waals surface area contributed by atoms with Gasteiger partial charge >= 0.3 is 0 Å². The molecule has 100 valence electrons. The Morgan fingerprint density at radius 3 is 2.67 bits per heavy atom. The number of halogens is 2. The molecule has 1 nitrogen and oxygen atoms in total. The minimum absolute atomic E-state index is 0.0166. The fourth-order valence-electron chi connectivity index (χ4n) is 2.14. The van der Waals surface area contributed by atoms with Crippen LogP contribution in [0.15, 0.2) is 18.2 Å². The van der Waals surface area contributed by atoms with Gasteiger partial charge in [0.05, 0.1) is 0 Å². The quantitative estimate of drug-likeness (QED) is 0.815. The van der Waals surface area contributed by atoms with Crippen LogP contribution in [0.3, 0.4) is 0 Å². The zero-order chi connectivity index (χ0) is 13.2. The number of rotatable bonds is 6. The van der Waals surface area contributed by atoms with Crippen molar-refractivity contribution in [2.75, 3.05) is 6.54 Å². The topological polar surface area (TPSA) is 12.0 Å². The van der Waals surface area contributed by atoms with Gasteiger partial charge in [0.1, 0.15) is 0 Å². The predicted octanol–water partition coefficient (Wildman–Crippen LogP) is 3.68. The summed E-state index contributed by atoms with van der Waals surface area (Å²) in [6.45, 7) is 5.10. The van der Waals surface area contributed by atoms with E-state index in [-0.39, 0.29) is 5.41 Å². The number of nitrogens with one attached hydrogen (secondary N) is 1. The smallest absolute Gasteiger partial charge is 0.162 e. The number of hydrogen-bond donors (Lipinski definition) is 1. The summed E-state index contributed by atoms with van der Waals surface area (Å²) >= 11 is 0. The zero-order valence-corrected chi connectivity index (χ0v) is 11.1. The van der Waals surface area contributed by atoms with Crippen LogP contribution in [0.5, 0.6) is 0 Å². The van der Waals surface area contributed by atoms with Crippen molar-refractivity contribution >= 4 is 0 Å². The van der Waals surface area contributed by atoms with E-state index in [2.05, 4.69) is 19.2 Å². The first-order chi connectivity index (χ1) is 8.54. The van der Waals surface area contributed by atoms with Gasteiger partial charge in [0.2, 0.25) is 0 Å². The molecule has 1 aromatic carbocycles. The molecular weight excluding hydrogens is 232 g/mol. The van der Waals surface area contributed by atoms with Gasteiger partial charge in [0.25, 0.3) is 0 Å². The molecule has 3 heteroatoms. The first kappa shape index (κ1) is 13.5. The van der Waals surface area contributed by atoms with Gasteiger partial charge in [0.15, 0.2) is 11.6 Å². The highest BCUT2D eigenvalue weighted by Crippen LogP contribution is 2.29. The Morgan fingerprint density at radius 2 is 2.06 bits per heavy atom. The van der Waals surface area contributed by atoms with E-state index < -0.39 is 11.6 Å². The van der Waals surface area contributed by atoms with E-state index in [1.807, 2.05) is 0 Å². The second-order valence-electron chi connectivity index (χ2n) is 5.71. The zero-order valence-electron chi connectivity index (χ0n) is 11.1. The summed E-state index contributed by atoms with van der Waals surface area (Å²) < 4.78 is 26.9.